The van der Waals surface area contributed by atoms with Gasteiger partial charge in [-0.25, -0.2) is 0 Å². The molecule has 0 aliphatic carbocycles. The fraction of sp³-hybridized carbons (Fsp3) is 0.739. The summed E-state index contributed by atoms with van der Waals surface area (Å²) >= 11 is 0. The Morgan fingerprint density at radius 3 is 1.57 bits per heavy atom. The number of Topliss-reactive ketones (excluding diaryl/α,β-unsaturated/α-hetero) is 1. The Hall–Kier alpha value is -2.22. The first-order chi connectivity index (χ1) is 17.0. The fourth-order valence-electron chi connectivity index (χ4n) is 2.35. The van der Waals surface area contributed by atoms with Crippen LogP contribution in [0.25, 0.3) is 0 Å². The van der Waals surface area contributed by atoms with E-state index < -0.39 is 11.7 Å². The second-order valence-electron chi connectivity index (χ2n) is 7.04. The van der Waals surface area contributed by atoms with Crippen LogP contribution in [-0.4, -0.2) is 129 Å². The number of nitrogens with one attached hydrogen (secondary N) is 1. The molecular weight excluding hydrogens is 464 g/mol. The van der Waals surface area contributed by atoms with Gasteiger partial charge in [0.15, 0.2) is 0 Å². The quantitative estimate of drug-likeness (QED) is 0.0742. The van der Waals surface area contributed by atoms with E-state index in [1.54, 1.807) is 7.05 Å². The smallest absolute Gasteiger partial charge is 0.287 e. The Bertz CT molecular complexity index is 601. The predicted molar refractivity (Wildman–Crippen MR) is 126 cm³/mol. The van der Waals surface area contributed by atoms with Crippen molar-refractivity contribution in [1.29, 1.82) is 0 Å². The number of allylic oxidation sites excluding steroid dienone is 1. The van der Waals surface area contributed by atoms with Crippen LogP contribution in [0.4, 0.5) is 0 Å². The summed E-state index contributed by atoms with van der Waals surface area (Å²) in [6, 6.07) is 0. The van der Waals surface area contributed by atoms with E-state index in [0.29, 0.717) is 98.5 Å². The number of carbonyl (C=O) groups is 4. The minimum absolute atomic E-state index is 0.170. The zero-order valence-corrected chi connectivity index (χ0v) is 20.9. The number of nitrogens with zero attached hydrogens (tertiary/aromatic N) is 1. The van der Waals surface area contributed by atoms with E-state index in [1.165, 1.54) is 18.0 Å². The standard InChI is InChI=1S/C23H40N2O10/c1-24-23(29)21(27)5-4-9-30-11-13-32-15-17-34-19-20-35-18-16-33-14-12-31-10-7-25(2)22(28)6-3-8-26/h3,6,8H,4-5,7,9-20H2,1-2H3,(H,24,29)/b6-3-. The number of ether oxygens (including phenoxy) is 6. The first-order valence-corrected chi connectivity index (χ1v) is 11.6. The molecule has 12 nitrogen and oxygen atoms in total. The highest BCUT2D eigenvalue weighted by Crippen LogP contribution is 1.93. The molecule has 0 atom stereocenters. The van der Waals surface area contributed by atoms with E-state index in [2.05, 4.69) is 5.32 Å². The van der Waals surface area contributed by atoms with E-state index in [-0.39, 0.29) is 12.3 Å². The SMILES string of the molecule is CNC(=O)C(=O)CCCOCCOCCOCCOCCOCCOCCN(C)C(=O)/C=C\C=O. The summed E-state index contributed by atoms with van der Waals surface area (Å²) in [6.45, 7) is 5.60. The van der Waals surface area contributed by atoms with Crippen LogP contribution in [0.1, 0.15) is 12.8 Å². The Labute approximate surface area is 207 Å². The van der Waals surface area contributed by atoms with Crippen molar-refractivity contribution >= 4 is 23.9 Å². The van der Waals surface area contributed by atoms with Crippen LogP contribution in [0.3, 0.4) is 0 Å². The van der Waals surface area contributed by atoms with Crippen molar-refractivity contribution < 1.29 is 47.6 Å². The van der Waals surface area contributed by atoms with Crippen molar-refractivity contribution in [3.8, 4) is 0 Å². The fourth-order valence-corrected chi connectivity index (χ4v) is 2.35. The van der Waals surface area contributed by atoms with E-state index in [9.17, 15) is 19.2 Å². The highest BCUT2D eigenvalue weighted by atomic mass is 16.6. The molecule has 0 bridgehead atoms. The number of amides is 2. The van der Waals surface area contributed by atoms with Crippen LogP contribution in [0.15, 0.2) is 12.2 Å². The van der Waals surface area contributed by atoms with Gasteiger partial charge in [-0.05, 0) is 12.5 Å². The molecule has 0 saturated heterocycles. The second-order valence-corrected chi connectivity index (χ2v) is 7.04. The molecule has 0 aliphatic rings. The summed E-state index contributed by atoms with van der Waals surface area (Å²) in [7, 11) is 3.06. The third kappa shape index (κ3) is 22.0. The molecule has 12 heteroatoms. The van der Waals surface area contributed by atoms with E-state index in [0.717, 1.165) is 6.08 Å². The van der Waals surface area contributed by atoms with Gasteiger partial charge in [0, 0.05) is 39.7 Å². The van der Waals surface area contributed by atoms with Gasteiger partial charge in [-0.3, -0.25) is 19.2 Å². The van der Waals surface area contributed by atoms with Gasteiger partial charge in [-0.2, -0.15) is 0 Å². The van der Waals surface area contributed by atoms with Gasteiger partial charge in [-0.15, -0.1) is 0 Å². The van der Waals surface area contributed by atoms with Crippen LogP contribution >= 0.6 is 0 Å². The van der Waals surface area contributed by atoms with Crippen LogP contribution in [0.5, 0.6) is 0 Å². The van der Waals surface area contributed by atoms with Gasteiger partial charge < -0.3 is 38.6 Å². The molecule has 0 aromatic rings. The lowest BCUT2D eigenvalue weighted by Crippen LogP contribution is -2.29. The average Bonchev–Trinajstić information content (AvgIpc) is 2.87. The number of likely N-dealkylation sites (N-methyl/N-ethyl adjacent to an activating group) is 2. The summed E-state index contributed by atoms with van der Waals surface area (Å²) in [5, 5.41) is 2.29. The lowest BCUT2D eigenvalue weighted by Gasteiger charge is -2.14. The van der Waals surface area contributed by atoms with Crippen molar-refractivity contribution in [2.24, 2.45) is 0 Å². The summed E-state index contributed by atoms with van der Waals surface area (Å²) in [5.41, 5.74) is 0. The van der Waals surface area contributed by atoms with Gasteiger partial charge in [0.25, 0.3) is 5.91 Å². The molecule has 202 valence electrons. The molecule has 0 fully saturated rings. The van der Waals surface area contributed by atoms with Crippen LogP contribution in [0, 0.1) is 0 Å². The van der Waals surface area contributed by atoms with Crippen LogP contribution < -0.4 is 5.32 Å². The van der Waals surface area contributed by atoms with Gasteiger partial charge in [0.05, 0.1) is 72.7 Å². The van der Waals surface area contributed by atoms with Crippen LogP contribution in [0.2, 0.25) is 0 Å². The first kappa shape index (κ1) is 32.8. The average molecular weight is 505 g/mol. The third-order valence-corrected chi connectivity index (χ3v) is 4.30. The minimum Gasteiger partial charge on any atom is -0.379 e. The van der Waals surface area contributed by atoms with Crippen molar-refractivity contribution in [1.82, 2.24) is 10.2 Å². The molecule has 2 amide bonds. The van der Waals surface area contributed by atoms with E-state index in [1.807, 2.05) is 0 Å². The molecule has 0 aromatic heterocycles. The number of aldehydes is 1. The number of hydrogen-bond donors (Lipinski definition) is 1. The zero-order valence-electron chi connectivity index (χ0n) is 20.9. The van der Waals surface area contributed by atoms with Gasteiger partial charge in [0.2, 0.25) is 11.7 Å². The van der Waals surface area contributed by atoms with Crippen molar-refractivity contribution in [3.63, 3.8) is 0 Å². The minimum atomic E-state index is -0.576. The predicted octanol–water partition coefficient (Wildman–Crippen LogP) is -0.605. The molecule has 0 rings (SSSR count). The lowest BCUT2D eigenvalue weighted by atomic mass is 10.2. The van der Waals surface area contributed by atoms with Crippen molar-refractivity contribution in [2.75, 3.05) is 99.9 Å². The Morgan fingerprint density at radius 1 is 0.714 bits per heavy atom. The highest BCUT2D eigenvalue weighted by Gasteiger charge is 2.10. The van der Waals surface area contributed by atoms with Crippen molar-refractivity contribution in [3.05, 3.63) is 12.2 Å². The second kappa shape index (κ2) is 24.9. The normalized spacial score (nSPS) is 11.0. The maximum atomic E-state index is 11.5. The molecule has 0 unspecified atom stereocenters. The van der Waals surface area contributed by atoms with Gasteiger partial charge in [0.1, 0.15) is 6.29 Å². The first-order valence-electron chi connectivity index (χ1n) is 11.6. The lowest BCUT2D eigenvalue weighted by molar-refractivity contribution is -0.137. The molecule has 35 heavy (non-hydrogen) atoms. The largest absolute Gasteiger partial charge is 0.379 e. The molecule has 0 aromatic carbocycles. The maximum absolute atomic E-state index is 11.5. The van der Waals surface area contributed by atoms with Crippen molar-refractivity contribution in [2.45, 2.75) is 12.8 Å². The molecule has 0 spiro atoms. The number of rotatable bonds is 25. The Balaban J connectivity index is 3.23. The van der Waals surface area contributed by atoms with Crippen LogP contribution in [-0.2, 0) is 47.6 Å². The molecule has 0 radical (unpaired) electrons. The molecule has 0 aliphatic heterocycles. The van der Waals surface area contributed by atoms with Gasteiger partial charge >= 0.3 is 0 Å². The molecule has 0 heterocycles. The Morgan fingerprint density at radius 2 is 1.14 bits per heavy atom. The monoisotopic (exact) mass is 504 g/mol. The molecule has 1 N–H and O–H groups in total. The number of carbonyl (C=O) groups excluding carboxylic acids is 4. The maximum Gasteiger partial charge on any atom is 0.287 e. The summed E-state index contributed by atoms with van der Waals surface area (Å²) in [4.78, 5) is 45.5. The van der Waals surface area contributed by atoms with Gasteiger partial charge in [-0.1, -0.05) is 0 Å². The topological polar surface area (TPSA) is 139 Å². The summed E-state index contributed by atoms with van der Waals surface area (Å²) in [5.74, 6) is -1.27. The molecular formula is C23H40N2O10. The summed E-state index contributed by atoms with van der Waals surface area (Å²) < 4.78 is 32.3. The third-order valence-electron chi connectivity index (χ3n) is 4.30. The summed E-state index contributed by atoms with van der Waals surface area (Å²) in [6.07, 6.45) is 3.59. The number of hydrogen-bond acceptors (Lipinski definition) is 10. The number of ketones is 1. The highest BCUT2D eigenvalue weighted by molar-refractivity contribution is 6.36. The zero-order chi connectivity index (χ0) is 26.0. The Kier molecular flexibility index (Phi) is 23.3. The van der Waals surface area contributed by atoms with E-state index in [4.69, 9.17) is 28.4 Å². The molecule has 0 saturated carbocycles. The van der Waals surface area contributed by atoms with E-state index >= 15 is 0 Å².